The van der Waals surface area contributed by atoms with Crippen molar-refractivity contribution in [3.8, 4) is 5.75 Å². The first kappa shape index (κ1) is 23.2. The summed E-state index contributed by atoms with van der Waals surface area (Å²) in [5.74, 6) is 0.467. The van der Waals surface area contributed by atoms with Gasteiger partial charge in [0.15, 0.2) is 0 Å². The number of rotatable bonds is 5. The first-order chi connectivity index (χ1) is 15.8. The lowest BCUT2D eigenvalue weighted by Crippen LogP contribution is -2.38. The van der Waals surface area contributed by atoms with Crippen molar-refractivity contribution in [1.82, 2.24) is 9.88 Å². The monoisotopic (exact) mass is 472 g/mol. The topological polar surface area (TPSA) is 53.4 Å². The molecule has 8 heteroatoms. The minimum atomic E-state index is -4.39. The van der Waals surface area contributed by atoms with E-state index in [2.05, 4.69) is 11.1 Å². The predicted molar refractivity (Wildman–Crippen MR) is 120 cm³/mol. The minimum Gasteiger partial charge on any atom is -0.508 e. The quantitative estimate of drug-likeness (QED) is 0.491. The highest BCUT2D eigenvalue weighted by atomic mass is 32.2. The molecule has 0 bridgehead atoms. The molecule has 1 fully saturated rings. The lowest BCUT2D eigenvalue weighted by atomic mass is 9.90. The maximum absolute atomic E-state index is 12.7. The van der Waals surface area contributed by atoms with Gasteiger partial charge < -0.3 is 10.0 Å². The summed E-state index contributed by atoms with van der Waals surface area (Å²) in [6.45, 7) is 1.34. The number of piperidine rings is 1. The number of phenolic OH excluding ortho intramolecular Hbond substituents is 1. The second kappa shape index (κ2) is 9.87. The first-order valence-electron chi connectivity index (χ1n) is 10.7. The number of alkyl halides is 3. The van der Waals surface area contributed by atoms with Gasteiger partial charge in [-0.15, -0.1) is 0 Å². The number of pyridine rings is 1. The summed E-state index contributed by atoms with van der Waals surface area (Å²) in [6.07, 6.45) is -0.870. The Kier molecular flexibility index (Phi) is 6.93. The van der Waals surface area contributed by atoms with Gasteiger partial charge in [-0.3, -0.25) is 4.79 Å². The van der Waals surface area contributed by atoms with Gasteiger partial charge in [-0.2, -0.15) is 13.2 Å². The van der Waals surface area contributed by atoms with Crippen molar-refractivity contribution in [3.05, 3.63) is 83.6 Å². The van der Waals surface area contributed by atoms with Gasteiger partial charge >= 0.3 is 6.18 Å². The second-order valence-electron chi connectivity index (χ2n) is 8.12. The van der Waals surface area contributed by atoms with Crippen molar-refractivity contribution in [1.29, 1.82) is 0 Å². The van der Waals surface area contributed by atoms with E-state index in [1.807, 2.05) is 23.1 Å². The van der Waals surface area contributed by atoms with E-state index in [9.17, 15) is 23.1 Å². The van der Waals surface area contributed by atoms with Crippen LogP contribution in [0.1, 0.15) is 34.3 Å². The van der Waals surface area contributed by atoms with Crippen LogP contribution < -0.4 is 0 Å². The molecule has 1 aliphatic heterocycles. The molecule has 4 nitrogen and oxygen atoms in total. The van der Waals surface area contributed by atoms with Crippen LogP contribution in [0.25, 0.3) is 0 Å². The van der Waals surface area contributed by atoms with E-state index in [4.69, 9.17) is 0 Å². The maximum Gasteiger partial charge on any atom is 0.417 e. The smallest absolute Gasteiger partial charge is 0.417 e. The molecule has 33 heavy (non-hydrogen) atoms. The molecule has 0 saturated carbocycles. The molecule has 0 radical (unpaired) electrons. The van der Waals surface area contributed by atoms with Gasteiger partial charge in [-0.1, -0.05) is 30.0 Å². The number of phenols is 1. The van der Waals surface area contributed by atoms with Crippen molar-refractivity contribution in [2.75, 3.05) is 13.1 Å². The Labute approximate surface area is 194 Å². The van der Waals surface area contributed by atoms with E-state index in [-0.39, 0.29) is 11.7 Å². The van der Waals surface area contributed by atoms with Crippen LogP contribution in [0, 0.1) is 5.92 Å². The molecule has 172 valence electrons. The Morgan fingerprint density at radius 3 is 2.48 bits per heavy atom. The SMILES string of the molecule is O=C(c1cccc(O)c1)N1CCC(Cc2cccc(Sc3ccc(C(F)(F)F)cn3)c2)CC1. The molecular weight excluding hydrogens is 449 g/mol. The van der Waals surface area contributed by atoms with Gasteiger partial charge in [-0.25, -0.2) is 4.98 Å². The summed E-state index contributed by atoms with van der Waals surface area (Å²) in [4.78, 5) is 19.3. The van der Waals surface area contributed by atoms with Crippen LogP contribution >= 0.6 is 11.8 Å². The number of aromatic nitrogens is 1. The summed E-state index contributed by atoms with van der Waals surface area (Å²) < 4.78 is 38.1. The fraction of sp³-hybridized carbons (Fsp3) is 0.280. The molecule has 3 aromatic rings. The molecule has 1 amide bonds. The zero-order valence-corrected chi connectivity index (χ0v) is 18.6. The second-order valence-corrected chi connectivity index (χ2v) is 9.22. The number of carbonyl (C=O) groups excluding carboxylic acids is 1. The number of hydrogen-bond donors (Lipinski definition) is 1. The van der Waals surface area contributed by atoms with Gasteiger partial charge in [0.2, 0.25) is 0 Å². The number of aromatic hydroxyl groups is 1. The number of halogens is 3. The van der Waals surface area contributed by atoms with Crippen LogP contribution in [0.4, 0.5) is 13.2 Å². The van der Waals surface area contributed by atoms with Crippen molar-refractivity contribution in [3.63, 3.8) is 0 Å². The number of likely N-dealkylation sites (tertiary alicyclic amines) is 1. The third-order valence-corrected chi connectivity index (χ3v) is 6.64. The molecule has 2 aromatic carbocycles. The van der Waals surface area contributed by atoms with Crippen LogP contribution in [0.2, 0.25) is 0 Å². The zero-order valence-electron chi connectivity index (χ0n) is 17.8. The fourth-order valence-electron chi connectivity index (χ4n) is 3.96. The Morgan fingerprint density at radius 1 is 1.06 bits per heavy atom. The number of nitrogens with zero attached hydrogens (tertiary/aromatic N) is 2. The Bertz CT molecular complexity index is 1110. The molecule has 2 heterocycles. The Balaban J connectivity index is 1.32. The number of hydrogen-bond acceptors (Lipinski definition) is 4. The molecule has 1 aliphatic rings. The molecule has 0 unspecified atom stereocenters. The lowest BCUT2D eigenvalue weighted by Gasteiger charge is -2.32. The van der Waals surface area contributed by atoms with Crippen LogP contribution in [-0.2, 0) is 12.6 Å². The summed E-state index contributed by atoms with van der Waals surface area (Å²) in [6, 6.07) is 16.8. The standard InChI is InChI=1S/C25H23F3N2O2S/c26-25(27,28)20-7-8-23(29-16-20)33-22-6-1-3-18(14-22)13-17-9-11-30(12-10-17)24(32)19-4-2-5-21(31)15-19/h1-8,14-17,31H,9-13H2. The fourth-order valence-corrected chi connectivity index (χ4v) is 4.80. The molecular formula is C25H23F3N2O2S. The first-order valence-corrected chi connectivity index (χ1v) is 11.5. The average Bonchev–Trinajstić information content (AvgIpc) is 2.79. The van der Waals surface area contributed by atoms with E-state index in [0.717, 1.165) is 42.0 Å². The van der Waals surface area contributed by atoms with Crippen molar-refractivity contribution >= 4 is 17.7 Å². The van der Waals surface area contributed by atoms with E-state index in [1.54, 1.807) is 18.2 Å². The third-order valence-electron chi connectivity index (χ3n) is 5.70. The summed E-state index contributed by atoms with van der Waals surface area (Å²) in [5, 5.41) is 10.1. The van der Waals surface area contributed by atoms with E-state index >= 15 is 0 Å². The highest BCUT2D eigenvalue weighted by molar-refractivity contribution is 7.99. The van der Waals surface area contributed by atoms with Gasteiger partial charge in [0.05, 0.1) is 5.56 Å². The molecule has 4 rings (SSSR count). The van der Waals surface area contributed by atoms with Gasteiger partial charge in [0.25, 0.3) is 5.91 Å². The highest BCUT2D eigenvalue weighted by Crippen LogP contribution is 2.32. The molecule has 1 N–H and O–H groups in total. The largest absolute Gasteiger partial charge is 0.508 e. The van der Waals surface area contributed by atoms with Gasteiger partial charge in [0.1, 0.15) is 10.8 Å². The maximum atomic E-state index is 12.7. The van der Waals surface area contributed by atoms with Crippen LogP contribution in [-0.4, -0.2) is 34.0 Å². The Hall–Kier alpha value is -3.00. The predicted octanol–water partition coefficient (Wildman–Crippen LogP) is 6.05. The Morgan fingerprint density at radius 2 is 1.82 bits per heavy atom. The van der Waals surface area contributed by atoms with Crippen LogP contribution in [0.3, 0.4) is 0 Å². The summed E-state index contributed by atoms with van der Waals surface area (Å²) >= 11 is 1.33. The van der Waals surface area contributed by atoms with E-state index in [0.29, 0.717) is 29.6 Å². The zero-order chi connectivity index (χ0) is 23.4. The minimum absolute atomic E-state index is 0.0632. The normalized spacial score (nSPS) is 14.9. The number of amides is 1. The molecule has 1 saturated heterocycles. The van der Waals surface area contributed by atoms with Gasteiger partial charge in [0, 0.05) is 29.7 Å². The summed E-state index contributed by atoms with van der Waals surface area (Å²) in [7, 11) is 0. The van der Waals surface area contributed by atoms with E-state index < -0.39 is 11.7 Å². The molecule has 0 spiro atoms. The van der Waals surface area contributed by atoms with Crippen LogP contribution in [0.15, 0.2) is 76.8 Å². The van der Waals surface area contributed by atoms with Crippen LogP contribution in [0.5, 0.6) is 5.75 Å². The molecule has 1 aromatic heterocycles. The number of carbonyl (C=O) groups is 1. The number of benzene rings is 2. The van der Waals surface area contributed by atoms with Gasteiger partial charge in [-0.05, 0) is 73.2 Å². The lowest BCUT2D eigenvalue weighted by molar-refractivity contribution is -0.137. The highest BCUT2D eigenvalue weighted by Gasteiger charge is 2.30. The third kappa shape index (κ3) is 6.07. The van der Waals surface area contributed by atoms with Crippen molar-refractivity contribution < 1.29 is 23.1 Å². The van der Waals surface area contributed by atoms with E-state index in [1.165, 1.54) is 23.9 Å². The average molecular weight is 473 g/mol. The van der Waals surface area contributed by atoms with Crippen molar-refractivity contribution in [2.24, 2.45) is 5.92 Å². The molecule has 0 aliphatic carbocycles. The van der Waals surface area contributed by atoms with Crippen molar-refractivity contribution in [2.45, 2.75) is 35.4 Å². The molecule has 0 atom stereocenters. The summed E-state index contributed by atoms with van der Waals surface area (Å²) in [5.41, 5.74) is 0.897.